The average Bonchev–Trinajstić information content (AvgIpc) is 2.16. The third-order valence-corrected chi connectivity index (χ3v) is 2.94. The number of hydrogen-bond acceptors (Lipinski definition) is 3. The lowest BCUT2D eigenvalue weighted by atomic mass is 10.1. The number of primary sulfonamides is 1. The lowest BCUT2D eigenvalue weighted by Crippen LogP contribution is -2.12. The normalized spacial score (nSPS) is 14.6. The van der Waals surface area contributed by atoms with E-state index in [1.807, 2.05) is 0 Å². The minimum atomic E-state index is -3.61. The number of benzene rings is 1. The number of hydrogen-bond donors (Lipinski definition) is 1. The van der Waals surface area contributed by atoms with Crippen LogP contribution in [0.2, 0.25) is 0 Å². The molecule has 4 nitrogen and oxygen atoms in total. The van der Waals surface area contributed by atoms with Crippen LogP contribution < -0.4 is 5.14 Å². The van der Waals surface area contributed by atoms with Crippen molar-refractivity contribution in [3.63, 3.8) is 0 Å². The van der Waals surface area contributed by atoms with Crippen molar-refractivity contribution in [2.45, 2.75) is 11.5 Å². The number of nitrogens with two attached hydrogens (primary N) is 1. The van der Waals surface area contributed by atoms with Crippen LogP contribution in [0.5, 0.6) is 0 Å². The summed E-state index contributed by atoms with van der Waals surface area (Å²) in [6, 6.07) is 4.74. The number of ether oxygens (including phenoxy) is 1. The van der Waals surface area contributed by atoms with Gasteiger partial charge in [0.15, 0.2) is 0 Å². The predicted molar refractivity (Wildman–Crippen MR) is 51.6 cm³/mol. The van der Waals surface area contributed by atoms with Crippen molar-refractivity contribution < 1.29 is 13.2 Å². The lowest BCUT2D eigenvalue weighted by molar-refractivity contribution is 0.234. The van der Waals surface area contributed by atoms with E-state index in [2.05, 4.69) is 0 Å². The van der Waals surface area contributed by atoms with E-state index in [4.69, 9.17) is 9.88 Å². The summed E-state index contributed by atoms with van der Waals surface area (Å²) in [5, 5.41) is 5.01. The second-order valence-corrected chi connectivity index (χ2v) is 4.58. The molecular weight excluding hydrogens is 202 g/mol. The predicted octanol–water partition coefficient (Wildman–Crippen LogP) is 0.835. The van der Waals surface area contributed by atoms with Gasteiger partial charge in [-0.05, 0) is 29.3 Å². The van der Waals surface area contributed by atoms with Gasteiger partial charge in [-0.25, -0.2) is 13.6 Å². The first-order chi connectivity index (χ1) is 6.57. The van der Waals surface area contributed by atoms with Crippen molar-refractivity contribution in [2.75, 3.05) is 0 Å². The van der Waals surface area contributed by atoms with Crippen molar-refractivity contribution in [2.24, 2.45) is 5.14 Å². The summed E-state index contributed by atoms with van der Waals surface area (Å²) in [6.07, 6.45) is 3.25. The van der Waals surface area contributed by atoms with Gasteiger partial charge in [-0.2, -0.15) is 0 Å². The Balaban J connectivity index is 2.56. The van der Waals surface area contributed by atoms with Gasteiger partial charge in [-0.15, -0.1) is 0 Å². The van der Waals surface area contributed by atoms with E-state index in [0.29, 0.717) is 6.61 Å². The highest BCUT2D eigenvalue weighted by atomic mass is 32.2. The Labute approximate surface area is 82.0 Å². The molecule has 14 heavy (non-hydrogen) atoms. The fourth-order valence-corrected chi connectivity index (χ4v) is 1.84. The Bertz CT molecular complexity index is 491. The average molecular weight is 211 g/mol. The molecule has 0 aliphatic carbocycles. The second kappa shape index (κ2) is 3.11. The van der Waals surface area contributed by atoms with Gasteiger partial charge in [0.1, 0.15) is 6.61 Å². The molecular formula is C9H9NO3S. The molecule has 0 unspecified atom stereocenters. The van der Waals surface area contributed by atoms with Gasteiger partial charge < -0.3 is 4.74 Å². The molecule has 0 saturated carbocycles. The van der Waals surface area contributed by atoms with Crippen molar-refractivity contribution in [1.82, 2.24) is 0 Å². The maximum atomic E-state index is 11.0. The molecule has 1 aromatic carbocycles. The molecule has 0 atom stereocenters. The Kier molecular flexibility index (Phi) is 2.05. The van der Waals surface area contributed by atoms with E-state index < -0.39 is 10.0 Å². The summed E-state index contributed by atoms with van der Waals surface area (Å²) in [5.41, 5.74) is 1.79. The van der Waals surface area contributed by atoms with Crippen LogP contribution in [0, 0.1) is 0 Å². The van der Waals surface area contributed by atoms with Gasteiger partial charge in [0, 0.05) is 0 Å². The Hall–Kier alpha value is -1.33. The molecule has 0 fully saturated rings. The van der Waals surface area contributed by atoms with E-state index in [9.17, 15) is 8.42 Å². The maximum absolute atomic E-state index is 11.0. The molecule has 0 radical (unpaired) electrons. The zero-order valence-corrected chi connectivity index (χ0v) is 8.12. The lowest BCUT2D eigenvalue weighted by Gasteiger charge is -2.11. The summed E-state index contributed by atoms with van der Waals surface area (Å²) < 4.78 is 27.1. The molecule has 2 rings (SSSR count). The molecule has 2 N–H and O–H groups in total. The van der Waals surface area contributed by atoms with E-state index in [0.717, 1.165) is 11.1 Å². The summed E-state index contributed by atoms with van der Waals surface area (Å²) in [4.78, 5) is 0.128. The van der Waals surface area contributed by atoms with Gasteiger partial charge in [0.2, 0.25) is 10.0 Å². The van der Waals surface area contributed by atoms with Gasteiger partial charge >= 0.3 is 0 Å². The fourth-order valence-electron chi connectivity index (χ4n) is 1.30. The Morgan fingerprint density at radius 2 is 2.14 bits per heavy atom. The van der Waals surface area contributed by atoms with Crippen LogP contribution in [0.4, 0.5) is 0 Å². The molecule has 0 bridgehead atoms. The fraction of sp³-hybridized carbons (Fsp3) is 0.111. The molecule has 0 saturated heterocycles. The highest BCUT2D eigenvalue weighted by Crippen LogP contribution is 2.20. The zero-order valence-electron chi connectivity index (χ0n) is 7.30. The number of fused-ring (bicyclic) bond motifs is 1. The Morgan fingerprint density at radius 3 is 2.86 bits per heavy atom. The van der Waals surface area contributed by atoms with Crippen molar-refractivity contribution in [3.05, 3.63) is 35.6 Å². The van der Waals surface area contributed by atoms with Gasteiger partial charge in [0.05, 0.1) is 11.2 Å². The minimum absolute atomic E-state index is 0.128. The molecule has 0 spiro atoms. The first-order valence-electron chi connectivity index (χ1n) is 4.01. The van der Waals surface area contributed by atoms with Crippen LogP contribution in [0.15, 0.2) is 29.4 Å². The van der Waals surface area contributed by atoms with Crippen molar-refractivity contribution in [1.29, 1.82) is 0 Å². The topological polar surface area (TPSA) is 69.4 Å². The van der Waals surface area contributed by atoms with E-state index in [1.54, 1.807) is 18.2 Å². The largest absolute Gasteiger partial charge is 0.496 e. The van der Waals surface area contributed by atoms with E-state index >= 15 is 0 Å². The third kappa shape index (κ3) is 1.64. The van der Waals surface area contributed by atoms with Gasteiger partial charge in [-0.1, -0.05) is 6.07 Å². The highest BCUT2D eigenvalue weighted by Gasteiger charge is 2.11. The van der Waals surface area contributed by atoms with Gasteiger partial charge in [-0.3, -0.25) is 0 Å². The van der Waals surface area contributed by atoms with Crippen molar-refractivity contribution in [3.8, 4) is 0 Å². The molecule has 1 heterocycles. The first-order valence-corrected chi connectivity index (χ1v) is 5.56. The maximum Gasteiger partial charge on any atom is 0.238 e. The molecule has 0 aromatic heterocycles. The van der Waals surface area contributed by atoms with Crippen LogP contribution >= 0.6 is 0 Å². The highest BCUT2D eigenvalue weighted by molar-refractivity contribution is 7.89. The van der Waals surface area contributed by atoms with E-state index in [1.165, 1.54) is 12.3 Å². The molecule has 1 aliphatic heterocycles. The summed E-state index contributed by atoms with van der Waals surface area (Å²) >= 11 is 0. The smallest absolute Gasteiger partial charge is 0.238 e. The van der Waals surface area contributed by atoms with Crippen LogP contribution in [-0.4, -0.2) is 8.42 Å². The quantitative estimate of drug-likeness (QED) is 0.748. The molecule has 1 aliphatic rings. The SMILES string of the molecule is NS(=O)(=O)c1ccc2c(c1)C=COC2. The number of sulfonamides is 1. The van der Waals surface area contributed by atoms with Gasteiger partial charge in [0.25, 0.3) is 0 Å². The minimum Gasteiger partial charge on any atom is -0.496 e. The monoisotopic (exact) mass is 211 g/mol. The molecule has 74 valence electrons. The number of rotatable bonds is 1. The van der Waals surface area contributed by atoms with Crippen LogP contribution in [0.25, 0.3) is 6.08 Å². The first kappa shape index (κ1) is 9.23. The standard InChI is InChI=1S/C9H9NO3S/c10-14(11,12)9-2-1-8-6-13-4-3-7(8)5-9/h1-5H,6H2,(H2,10,11,12). The van der Waals surface area contributed by atoms with Crippen molar-refractivity contribution >= 4 is 16.1 Å². The van der Waals surface area contributed by atoms with Crippen LogP contribution in [0.1, 0.15) is 11.1 Å². The van der Waals surface area contributed by atoms with E-state index in [-0.39, 0.29) is 4.90 Å². The molecule has 5 heteroatoms. The van der Waals surface area contributed by atoms with Crippen LogP contribution in [-0.2, 0) is 21.4 Å². The van der Waals surface area contributed by atoms with Crippen LogP contribution in [0.3, 0.4) is 0 Å². The molecule has 0 amide bonds. The second-order valence-electron chi connectivity index (χ2n) is 3.02. The Morgan fingerprint density at radius 1 is 1.36 bits per heavy atom. The molecule has 1 aromatic rings. The zero-order chi connectivity index (χ0) is 10.2. The third-order valence-electron chi connectivity index (χ3n) is 2.03. The summed E-state index contributed by atoms with van der Waals surface area (Å²) in [5.74, 6) is 0. The summed E-state index contributed by atoms with van der Waals surface area (Å²) in [6.45, 7) is 0.469. The summed E-state index contributed by atoms with van der Waals surface area (Å²) in [7, 11) is -3.61.